The van der Waals surface area contributed by atoms with E-state index in [-0.39, 0.29) is 23.6 Å². The molecule has 0 N–H and O–H groups in total. The van der Waals surface area contributed by atoms with Crippen LogP contribution in [-0.4, -0.2) is 10.7 Å². The number of benzene rings is 2. The Balaban J connectivity index is 2.15. The van der Waals surface area contributed by atoms with Gasteiger partial charge in [0.05, 0.1) is 16.6 Å². The first-order valence-electron chi connectivity index (χ1n) is 5.72. The minimum atomic E-state index is -0.509. The molecule has 0 spiro atoms. The van der Waals surface area contributed by atoms with Gasteiger partial charge in [0, 0.05) is 18.1 Å². The molecule has 0 unspecified atom stereocenters. The molecular weight excluding hydrogens is 246 g/mol. The number of Topliss-reactive ketones (excluding diaryl/α,β-unsaturated/α-hetero) is 1. The van der Waals surface area contributed by atoms with Gasteiger partial charge < -0.3 is 4.74 Å². The van der Waals surface area contributed by atoms with Gasteiger partial charge in [0.25, 0.3) is 5.69 Å². The summed E-state index contributed by atoms with van der Waals surface area (Å²) in [7, 11) is 0. The number of carbonyl (C=O) groups excluding carboxylic acids is 1. The lowest BCUT2D eigenvalue weighted by Crippen LogP contribution is -2.02. The smallest absolute Gasteiger partial charge is 0.273 e. The van der Waals surface area contributed by atoms with Gasteiger partial charge in [-0.2, -0.15) is 0 Å². The van der Waals surface area contributed by atoms with Crippen molar-refractivity contribution in [1.82, 2.24) is 0 Å². The van der Waals surface area contributed by atoms with Crippen molar-refractivity contribution in [2.45, 2.75) is 6.42 Å². The third-order valence-corrected chi connectivity index (χ3v) is 3.02. The first-order chi connectivity index (χ1) is 9.15. The third kappa shape index (κ3) is 1.95. The Kier molecular flexibility index (Phi) is 2.52. The van der Waals surface area contributed by atoms with Crippen LogP contribution < -0.4 is 4.74 Å². The van der Waals surface area contributed by atoms with Gasteiger partial charge in [0.2, 0.25) is 0 Å². The number of hydrogen-bond acceptors (Lipinski definition) is 4. The van der Waals surface area contributed by atoms with Crippen molar-refractivity contribution in [3.8, 4) is 11.5 Å². The van der Waals surface area contributed by atoms with Gasteiger partial charge in [-0.3, -0.25) is 14.9 Å². The largest absolute Gasteiger partial charge is 0.456 e. The summed E-state index contributed by atoms with van der Waals surface area (Å²) in [5, 5.41) is 10.8. The van der Waals surface area contributed by atoms with Crippen molar-refractivity contribution in [2.24, 2.45) is 0 Å². The fourth-order valence-electron chi connectivity index (χ4n) is 2.08. The predicted molar refractivity (Wildman–Crippen MR) is 67.6 cm³/mol. The zero-order chi connectivity index (χ0) is 13.4. The molecule has 5 heteroatoms. The first kappa shape index (κ1) is 11.4. The van der Waals surface area contributed by atoms with E-state index in [4.69, 9.17) is 4.74 Å². The van der Waals surface area contributed by atoms with E-state index in [9.17, 15) is 14.9 Å². The standard InChI is InChI=1S/C14H9NO4/c16-12-7-9-3-1-2-4-13(9)19-14-8-10(15(17)18)5-6-11(12)14/h1-6,8H,7H2. The second-order valence-corrected chi connectivity index (χ2v) is 4.25. The lowest BCUT2D eigenvalue weighted by Gasteiger charge is -2.07. The molecule has 0 bridgehead atoms. The number of nitro benzene ring substituents is 1. The molecule has 0 amide bonds. The molecule has 1 aliphatic rings. The molecule has 5 nitrogen and oxygen atoms in total. The van der Waals surface area contributed by atoms with E-state index in [2.05, 4.69) is 0 Å². The first-order valence-corrected chi connectivity index (χ1v) is 5.72. The maximum absolute atomic E-state index is 12.1. The van der Waals surface area contributed by atoms with E-state index < -0.39 is 4.92 Å². The number of rotatable bonds is 1. The number of ketones is 1. The van der Waals surface area contributed by atoms with Gasteiger partial charge in [-0.15, -0.1) is 0 Å². The van der Waals surface area contributed by atoms with Crippen LogP contribution in [0.2, 0.25) is 0 Å². The van der Waals surface area contributed by atoms with Crippen molar-refractivity contribution in [3.63, 3.8) is 0 Å². The van der Waals surface area contributed by atoms with E-state index >= 15 is 0 Å². The van der Waals surface area contributed by atoms with E-state index in [0.717, 1.165) is 5.56 Å². The predicted octanol–water partition coefficient (Wildman–Crippen LogP) is 3.13. The van der Waals surface area contributed by atoms with Gasteiger partial charge in [-0.05, 0) is 12.1 Å². The number of non-ortho nitro benzene ring substituents is 1. The second-order valence-electron chi connectivity index (χ2n) is 4.25. The van der Waals surface area contributed by atoms with Crippen molar-refractivity contribution in [2.75, 3.05) is 0 Å². The monoisotopic (exact) mass is 255 g/mol. The fourth-order valence-corrected chi connectivity index (χ4v) is 2.08. The number of hydrogen-bond donors (Lipinski definition) is 0. The number of fused-ring (bicyclic) bond motifs is 2. The van der Waals surface area contributed by atoms with Gasteiger partial charge in [-0.1, -0.05) is 18.2 Å². The summed E-state index contributed by atoms with van der Waals surface area (Å²) in [6, 6.07) is 11.2. The molecular formula is C14H9NO4. The van der Waals surface area contributed by atoms with Crippen LogP contribution in [0.4, 0.5) is 5.69 Å². The van der Waals surface area contributed by atoms with Crippen molar-refractivity contribution in [3.05, 3.63) is 63.7 Å². The Bertz CT molecular complexity index is 694. The minimum absolute atomic E-state index is 0.0917. The van der Waals surface area contributed by atoms with Crippen LogP contribution in [0.25, 0.3) is 0 Å². The Morgan fingerprint density at radius 3 is 2.68 bits per heavy atom. The molecule has 2 aromatic carbocycles. The molecule has 1 aliphatic heterocycles. The highest BCUT2D eigenvalue weighted by Gasteiger charge is 2.23. The Morgan fingerprint density at radius 1 is 1.11 bits per heavy atom. The number of ether oxygens (including phenoxy) is 1. The number of carbonyl (C=O) groups is 1. The van der Waals surface area contributed by atoms with E-state index in [1.54, 1.807) is 12.1 Å². The summed E-state index contributed by atoms with van der Waals surface area (Å²) in [4.78, 5) is 22.4. The molecule has 1 heterocycles. The molecule has 19 heavy (non-hydrogen) atoms. The van der Waals surface area contributed by atoms with E-state index in [1.165, 1.54) is 18.2 Å². The average molecular weight is 255 g/mol. The van der Waals surface area contributed by atoms with Crippen molar-refractivity contribution >= 4 is 11.5 Å². The molecule has 0 atom stereocenters. The maximum atomic E-state index is 12.1. The lowest BCUT2D eigenvalue weighted by atomic mass is 10.0. The van der Waals surface area contributed by atoms with Crippen LogP contribution in [0.5, 0.6) is 11.5 Å². The van der Waals surface area contributed by atoms with Crippen molar-refractivity contribution < 1.29 is 14.5 Å². The topological polar surface area (TPSA) is 69.4 Å². The maximum Gasteiger partial charge on any atom is 0.273 e. The number of nitro groups is 1. The van der Waals surface area contributed by atoms with Crippen LogP contribution in [0.3, 0.4) is 0 Å². The molecule has 0 aromatic heterocycles. The molecule has 2 aromatic rings. The molecule has 94 valence electrons. The number of nitrogens with zero attached hydrogens (tertiary/aromatic N) is 1. The van der Waals surface area contributed by atoms with Gasteiger partial charge in [0.1, 0.15) is 11.5 Å². The normalized spacial score (nSPS) is 12.9. The highest BCUT2D eigenvalue weighted by atomic mass is 16.6. The van der Waals surface area contributed by atoms with Crippen LogP contribution in [-0.2, 0) is 6.42 Å². The fraction of sp³-hybridized carbons (Fsp3) is 0.0714. The molecule has 3 rings (SSSR count). The molecule has 0 saturated heterocycles. The van der Waals surface area contributed by atoms with Crippen LogP contribution >= 0.6 is 0 Å². The van der Waals surface area contributed by atoms with Crippen LogP contribution in [0.1, 0.15) is 15.9 Å². The molecule has 0 saturated carbocycles. The third-order valence-electron chi connectivity index (χ3n) is 3.02. The summed E-state index contributed by atoms with van der Waals surface area (Å²) >= 11 is 0. The molecule has 0 aliphatic carbocycles. The average Bonchev–Trinajstić information content (AvgIpc) is 2.54. The summed E-state index contributed by atoms with van der Waals surface area (Å²) in [6.45, 7) is 0. The summed E-state index contributed by atoms with van der Waals surface area (Å²) in [6.07, 6.45) is 0.237. The van der Waals surface area contributed by atoms with E-state index in [1.807, 2.05) is 12.1 Å². The summed E-state index contributed by atoms with van der Waals surface area (Å²) < 4.78 is 5.64. The Morgan fingerprint density at radius 2 is 1.89 bits per heavy atom. The van der Waals surface area contributed by atoms with Gasteiger partial charge in [-0.25, -0.2) is 0 Å². The SMILES string of the molecule is O=C1Cc2ccccc2Oc2cc([N+](=O)[O-])ccc21. The lowest BCUT2D eigenvalue weighted by molar-refractivity contribution is -0.384. The minimum Gasteiger partial charge on any atom is -0.456 e. The van der Waals surface area contributed by atoms with Gasteiger partial charge in [0.15, 0.2) is 5.78 Å². The Hall–Kier alpha value is -2.69. The van der Waals surface area contributed by atoms with Gasteiger partial charge >= 0.3 is 0 Å². The quantitative estimate of drug-likeness (QED) is 0.579. The molecule has 0 radical (unpaired) electrons. The summed E-state index contributed by atoms with van der Waals surface area (Å²) in [5.74, 6) is 0.703. The zero-order valence-corrected chi connectivity index (χ0v) is 9.83. The summed E-state index contributed by atoms with van der Waals surface area (Å²) in [5.41, 5.74) is 1.07. The van der Waals surface area contributed by atoms with Crippen LogP contribution in [0.15, 0.2) is 42.5 Å². The van der Waals surface area contributed by atoms with E-state index in [0.29, 0.717) is 11.3 Å². The Labute approximate surface area is 108 Å². The highest BCUT2D eigenvalue weighted by molar-refractivity contribution is 6.01. The second kappa shape index (κ2) is 4.20. The highest BCUT2D eigenvalue weighted by Crippen LogP contribution is 2.35. The van der Waals surface area contributed by atoms with Crippen LogP contribution in [0, 0.1) is 10.1 Å². The zero-order valence-electron chi connectivity index (χ0n) is 9.83. The molecule has 0 fully saturated rings. The van der Waals surface area contributed by atoms with Crippen molar-refractivity contribution in [1.29, 1.82) is 0 Å². The number of para-hydroxylation sites is 1.